The van der Waals surface area contributed by atoms with Crippen molar-refractivity contribution in [3.63, 3.8) is 0 Å². The number of hydrogen-bond acceptors (Lipinski definition) is 4. The molecule has 4 heteroatoms. The molecule has 0 aromatic heterocycles. The zero-order chi connectivity index (χ0) is 11.2. The highest BCUT2D eigenvalue weighted by atomic mass is 32.2. The third kappa shape index (κ3) is 4.13. The second-order valence-electron chi connectivity index (χ2n) is 4.96. The largest absolute Gasteiger partial charge is 0.313 e. The van der Waals surface area contributed by atoms with E-state index in [1.165, 1.54) is 50.9 Å². The van der Waals surface area contributed by atoms with Crippen LogP contribution in [0.2, 0.25) is 0 Å². The highest BCUT2D eigenvalue weighted by Crippen LogP contribution is 2.25. The van der Waals surface area contributed by atoms with Crippen LogP contribution in [0.1, 0.15) is 32.1 Å². The maximum absolute atomic E-state index is 4.39. The van der Waals surface area contributed by atoms with Crippen molar-refractivity contribution in [1.29, 1.82) is 0 Å². The van der Waals surface area contributed by atoms with E-state index in [1.807, 2.05) is 0 Å². The summed E-state index contributed by atoms with van der Waals surface area (Å²) in [4.78, 5) is 0. The number of rotatable bonds is 4. The molecule has 2 heterocycles. The summed E-state index contributed by atoms with van der Waals surface area (Å²) in [6, 6.07) is 1.43. The lowest BCUT2D eigenvalue weighted by Gasteiger charge is -2.31. The van der Waals surface area contributed by atoms with Crippen molar-refractivity contribution in [2.24, 2.45) is 0 Å². The maximum Gasteiger partial charge on any atom is 0.0166 e. The molecule has 2 saturated heterocycles. The van der Waals surface area contributed by atoms with Crippen molar-refractivity contribution in [3.8, 4) is 0 Å². The van der Waals surface area contributed by atoms with Crippen LogP contribution in [-0.4, -0.2) is 41.9 Å². The third-order valence-electron chi connectivity index (χ3n) is 3.61. The van der Waals surface area contributed by atoms with Gasteiger partial charge in [-0.05, 0) is 38.8 Å². The Labute approximate surface area is 109 Å². The lowest BCUT2D eigenvalue weighted by Crippen LogP contribution is -2.41. The summed E-state index contributed by atoms with van der Waals surface area (Å²) in [7, 11) is 0. The second-order valence-corrected chi connectivity index (χ2v) is 6.66. The number of thioether (sulfide) groups is 1. The zero-order valence-corrected chi connectivity index (χ0v) is 11.7. The topological polar surface area (TPSA) is 24.1 Å². The molecular weight excluding hydrogens is 236 g/mol. The quantitative estimate of drug-likeness (QED) is 0.673. The Balaban J connectivity index is 1.64. The van der Waals surface area contributed by atoms with Crippen LogP contribution in [0.15, 0.2) is 0 Å². The van der Waals surface area contributed by atoms with Crippen LogP contribution >= 0.6 is 24.4 Å². The lowest BCUT2D eigenvalue weighted by atomic mass is 10.1. The van der Waals surface area contributed by atoms with Gasteiger partial charge in [0, 0.05) is 28.8 Å². The van der Waals surface area contributed by atoms with Crippen molar-refractivity contribution in [3.05, 3.63) is 0 Å². The minimum Gasteiger partial charge on any atom is -0.313 e. The van der Waals surface area contributed by atoms with Gasteiger partial charge in [0.1, 0.15) is 0 Å². The van der Waals surface area contributed by atoms with E-state index in [-0.39, 0.29) is 0 Å². The molecule has 0 saturated carbocycles. The van der Waals surface area contributed by atoms with Gasteiger partial charge in [0.25, 0.3) is 0 Å². The molecule has 2 nitrogen and oxygen atoms in total. The fourth-order valence-electron chi connectivity index (χ4n) is 2.58. The Bertz CT molecular complexity index is 195. The summed E-state index contributed by atoms with van der Waals surface area (Å²) in [5.74, 6) is 2.29. The maximum atomic E-state index is 4.39. The molecule has 0 bridgehead atoms. The van der Waals surface area contributed by atoms with Crippen LogP contribution in [0, 0.1) is 0 Å². The van der Waals surface area contributed by atoms with Crippen LogP contribution in [-0.2, 0) is 0 Å². The fourth-order valence-corrected chi connectivity index (χ4v) is 4.30. The first-order valence-corrected chi connectivity index (χ1v) is 8.26. The van der Waals surface area contributed by atoms with Gasteiger partial charge in [-0.2, -0.15) is 24.4 Å². The van der Waals surface area contributed by atoms with Gasteiger partial charge in [0.15, 0.2) is 0 Å². The molecular formula is C12H24N2S2. The molecule has 16 heavy (non-hydrogen) atoms. The number of nitrogens with one attached hydrogen (secondary N) is 2. The smallest absolute Gasteiger partial charge is 0.0166 e. The summed E-state index contributed by atoms with van der Waals surface area (Å²) < 4.78 is 0. The molecule has 0 amide bonds. The van der Waals surface area contributed by atoms with Gasteiger partial charge in [-0.1, -0.05) is 6.42 Å². The normalized spacial score (nSPS) is 36.2. The first-order valence-electron chi connectivity index (χ1n) is 6.57. The van der Waals surface area contributed by atoms with E-state index in [9.17, 15) is 0 Å². The van der Waals surface area contributed by atoms with Crippen molar-refractivity contribution in [1.82, 2.24) is 10.6 Å². The van der Waals surface area contributed by atoms with Gasteiger partial charge in [0.2, 0.25) is 0 Å². The van der Waals surface area contributed by atoms with Crippen molar-refractivity contribution in [2.45, 2.75) is 49.4 Å². The molecule has 2 aliphatic rings. The van der Waals surface area contributed by atoms with Gasteiger partial charge in [-0.25, -0.2) is 0 Å². The summed E-state index contributed by atoms with van der Waals surface area (Å²) in [6.45, 7) is 2.41. The van der Waals surface area contributed by atoms with Crippen LogP contribution in [0.4, 0.5) is 0 Å². The minimum atomic E-state index is 0.647. The average Bonchev–Trinajstić information content (AvgIpc) is 2.38. The first-order chi connectivity index (χ1) is 7.88. The first kappa shape index (κ1) is 13.1. The predicted molar refractivity (Wildman–Crippen MR) is 76.8 cm³/mol. The van der Waals surface area contributed by atoms with E-state index >= 15 is 0 Å². The Hall–Kier alpha value is 0.620. The summed E-state index contributed by atoms with van der Waals surface area (Å²) in [5, 5.41) is 8.03. The van der Waals surface area contributed by atoms with E-state index in [4.69, 9.17) is 0 Å². The Morgan fingerprint density at radius 3 is 2.69 bits per heavy atom. The van der Waals surface area contributed by atoms with Gasteiger partial charge in [-0.3, -0.25) is 0 Å². The molecule has 1 unspecified atom stereocenters. The molecule has 0 spiro atoms. The zero-order valence-electron chi connectivity index (χ0n) is 9.95. The monoisotopic (exact) mass is 260 g/mol. The molecule has 2 aliphatic heterocycles. The molecule has 3 atom stereocenters. The van der Waals surface area contributed by atoms with Crippen molar-refractivity contribution < 1.29 is 0 Å². The Kier molecular flexibility index (Phi) is 5.83. The predicted octanol–water partition coefficient (Wildman–Crippen LogP) is 1.91. The van der Waals surface area contributed by atoms with Gasteiger partial charge < -0.3 is 10.6 Å². The molecule has 94 valence electrons. The number of thiol groups is 1. The molecule has 2 fully saturated rings. The van der Waals surface area contributed by atoms with Crippen LogP contribution < -0.4 is 10.6 Å². The molecule has 0 aliphatic carbocycles. The highest BCUT2D eigenvalue weighted by Gasteiger charge is 2.22. The third-order valence-corrected chi connectivity index (χ3v) is 5.55. The van der Waals surface area contributed by atoms with Crippen molar-refractivity contribution in [2.75, 3.05) is 24.6 Å². The van der Waals surface area contributed by atoms with Gasteiger partial charge in [-0.15, -0.1) is 0 Å². The van der Waals surface area contributed by atoms with Gasteiger partial charge in [0.05, 0.1) is 0 Å². The fraction of sp³-hybridized carbons (Fsp3) is 1.00. The Morgan fingerprint density at radius 2 is 1.94 bits per heavy atom. The van der Waals surface area contributed by atoms with E-state index in [0.717, 1.165) is 17.0 Å². The van der Waals surface area contributed by atoms with E-state index in [2.05, 4.69) is 35.0 Å². The SMILES string of the molecule is SC[C@H]1CC(SC[C@@H]2CCCCN2)CCN1. The Morgan fingerprint density at radius 1 is 1.06 bits per heavy atom. The molecule has 2 N–H and O–H groups in total. The summed E-state index contributed by atoms with van der Waals surface area (Å²) in [6.07, 6.45) is 6.82. The van der Waals surface area contributed by atoms with Crippen LogP contribution in [0.25, 0.3) is 0 Å². The summed E-state index contributed by atoms with van der Waals surface area (Å²) >= 11 is 6.58. The molecule has 2 rings (SSSR count). The van der Waals surface area contributed by atoms with E-state index in [1.54, 1.807) is 0 Å². The number of piperidine rings is 2. The number of hydrogen-bond donors (Lipinski definition) is 3. The second kappa shape index (κ2) is 7.14. The van der Waals surface area contributed by atoms with E-state index < -0.39 is 0 Å². The highest BCUT2D eigenvalue weighted by molar-refractivity contribution is 7.99. The average molecular weight is 260 g/mol. The van der Waals surface area contributed by atoms with Crippen molar-refractivity contribution >= 4 is 24.4 Å². The van der Waals surface area contributed by atoms with Gasteiger partial charge >= 0.3 is 0 Å². The van der Waals surface area contributed by atoms with Crippen LogP contribution in [0.3, 0.4) is 0 Å². The molecule has 0 aromatic rings. The van der Waals surface area contributed by atoms with E-state index in [0.29, 0.717) is 6.04 Å². The summed E-state index contributed by atoms with van der Waals surface area (Å²) in [5.41, 5.74) is 0. The standard InChI is InChI=1S/C12H24N2S2/c15-8-11-7-12(4-6-14-11)16-9-10-3-1-2-5-13-10/h10-15H,1-9H2/t10-,11+,12?/m0/s1. The minimum absolute atomic E-state index is 0.647. The molecule has 0 aromatic carbocycles. The molecule has 0 radical (unpaired) electrons. The van der Waals surface area contributed by atoms with Crippen LogP contribution in [0.5, 0.6) is 0 Å². The lowest BCUT2D eigenvalue weighted by molar-refractivity contribution is 0.423.